The van der Waals surface area contributed by atoms with E-state index in [2.05, 4.69) is 0 Å². The molecule has 86 valence electrons. The minimum absolute atomic E-state index is 0.00515. The maximum absolute atomic E-state index is 11.9. The quantitative estimate of drug-likeness (QED) is 0.708. The smallest absolute Gasteiger partial charge is 0.253 e. The van der Waals surface area contributed by atoms with Gasteiger partial charge in [-0.3, -0.25) is 4.79 Å². The normalized spacial score (nSPS) is 17.5. The molecule has 0 spiro atoms. The zero-order chi connectivity index (χ0) is 11.5. The summed E-state index contributed by atoms with van der Waals surface area (Å²) in [7, 11) is 0. The van der Waals surface area contributed by atoms with Gasteiger partial charge in [0.1, 0.15) is 0 Å². The molecule has 1 unspecified atom stereocenters. The van der Waals surface area contributed by atoms with Crippen LogP contribution in [0.15, 0.2) is 24.3 Å². The zero-order valence-corrected chi connectivity index (χ0v) is 8.85. The third kappa shape index (κ3) is 2.21. The van der Waals surface area contributed by atoms with Gasteiger partial charge in [-0.05, 0) is 25.0 Å². The summed E-state index contributed by atoms with van der Waals surface area (Å²) >= 11 is 0. The minimum atomic E-state index is -0.972. The lowest BCUT2D eigenvalue weighted by Crippen LogP contribution is -2.99. The van der Waals surface area contributed by atoms with Crippen LogP contribution in [0.5, 0.6) is 0 Å². The molecule has 1 aliphatic heterocycles. The molecule has 0 bridgehead atoms. The van der Waals surface area contributed by atoms with E-state index < -0.39 is 5.23 Å². The molecule has 5 heteroatoms. The van der Waals surface area contributed by atoms with Crippen molar-refractivity contribution in [3.05, 3.63) is 35.0 Å². The monoisotopic (exact) mass is 222 g/mol. The minimum Gasteiger partial charge on any atom is -0.595 e. The van der Waals surface area contributed by atoms with Crippen molar-refractivity contribution in [3.63, 3.8) is 0 Å². The van der Waals surface area contributed by atoms with Crippen LogP contribution in [0.25, 0.3) is 0 Å². The van der Waals surface area contributed by atoms with Gasteiger partial charge in [0.05, 0.1) is 0 Å². The Morgan fingerprint density at radius 1 is 1.25 bits per heavy atom. The first-order valence-electron chi connectivity index (χ1n) is 5.31. The summed E-state index contributed by atoms with van der Waals surface area (Å²) in [5, 5.41) is 18.4. The number of carbonyl (C=O) groups excluding carboxylic acids is 1. The van der Waals surface area contributed by atoms with E-state index in [4.69, 9.17) is 5.21 Å². The highest BCUT2D eigenvalue weighted by molar-refractivity contribution is 5.94. The molecule has 1 atom stereocenters. The lowest BCUT2D eigenvalue weighted by atomic mass is 10.2. The predicted octanol–water partition coefficient (Wildman–Crippen LogP) is 0.326. The van der Waals surface area contributed by atoms with Gasteiger partial charge in [0, 0.05) is 30.8 Å². The van der Waals surface area contributed by atoms with Crippen LogP contribution < -0.4 is 5.23 Å². The van der Waals surface area contributed by atoms with E-state index in [-0.39, 0.29) is 11.6 Å². The Hall–Kier alpha value is -1.43. The average molecular weight is 222 g/mol. The molecule has 0 aliphatic carbocycles. The fourth-order valence-electron chi connectivity index (χ4n) is 1.86. The summed E-state index contributed by atoms with van der Waals surface area (Å²) in [6, 6.07) is 6.07. The molecule has 1 heterocycles. The van der Waals surface area contributed by atoms with Crippen LogP contribution in [-0.2, 0) is 0 Å². The van der Waals surface area contributed by atoms with Crippen LogP contribution in [0.2, 0.25) is 0 Å². The van der Waals surface area contributed by atoms with Gasteiger partial charge in [0.2, 0.25) is 0 Å². The van der Waals surface area contributed by atoms with Crippen molar-refractivity contribution in [2.45, 2.75) is 12.8 Å². The van der Waals surface area contributed by atoms with Gasteiger partial charge < -0.3 is 10.1 Å². The summed E-state index contributed by atoms with van der Waals surface area (Å²) in [5.41, 5.74) is 0.768. The Labute approximate surface area is 93.4 Å². The number of benzene rings is 1. The zero-order valence-electron chi connectivity index (χ0n) is 8.85. The van der Waals surface area contributed by atoms with Crippen molar-refractivity contribution in [3.8, 4) is 0 Å². The number of rotatable bonds is 2. The van der Waals surface area contributed by atoms with Crippen molar-refractivity contribution < 1.29 is 15.2 Å². The van der Waals surface area contributed by atoms with Crippen molar-refractivity contribution in [2.24, 2.45) is 0 Å². The molecule has 1 aromatic carbocycles. The number of carbonyl (C=O) groups is 1. The van der Waals surface area contributed by atoms with Crippen LogP contribution in [0.1, 0.15) is 23.2 Å². The van der Waals surface area contributed by atoms with Gasteiger partial charge in [-0.2, -0.15) is 5.23 Å². The summed E-state index contributed by atoms with van der Waals surface area (Å²) in [6.07, 6.45) is 2.11. The molecule has 5 nitrogen and oxygen atoms in total. The van der Waals surface area contributed by atoms with Crippen molar-refractivity contribution in [1.29, 1.82) is 0 Å². The van der Waals surface area contributed by atoms with Crippen LogP contribution in [0.4, 0.5) is 5.69 Å². The highest BCUT2D eigenvalue weighted by atomic mass is 16.8. The first kappa shape index (κ1) is 11.1. The molecule has 16 heavy (non-hydrogen) atoms. The summed E-state index contributed by atoms with van der Waals surface area (Å²) in [6.45, 7) is 1.61. The van der Waals surface area contributed by atoms with Gasteiger partial charge >= 0.3 is 0 Å². The standard InChI is InChI=1S/C11H14N2O3/c14-11(12-7-1-2-8-12)9-3-5-10(6-4-9)13(15)16/h3-6,13,15H,1-2,7-8H2. The highest BCUT2D eigenvalue weighted by Crippen LogP contribution is 2.13. The maximum atomic E-state index is 11.9. The molecular formula is C11H14N2O3. The van der Waals surface area contributed by atoms with E-state index >= 15 is 0 Å². The molecule has 2 rings (SSSR count). The number of quaternary nitrogens is 1. The number of nitrogens with zero attached hydrogens (tertiary/aromatic N) is 1. The first-order chi connectivity index (χ1) is 7.68. The van der Waals surface area contributed by atoms with Crippen LogP contribution in [-0.4, -0.2) is 29.1 Å². The molecule has 2 N–H and O–H groups in total. The van der Waals surface area contributed by atoms with E-state index in [0.29, 0.717) is 5.56 Å². The molecular weight excluding hydrogens is 208 g/mol. The van der Waals surface area contributed by atoms with Crippen LogP contribution in [0, 0.1) is 5.21 Å². The Morgan fingerprint density at radius 2 is 1.81 bits per heavy atom. The number of nitrogens with one attached hydrogen (secondary N) is 1. The SMILES string of the molecule is O=C(c1ccc([NH+]([O-])O)cc1)N1CCCC1. The fraction of sp³-hybridized carbons (Fsp3) is 0.364. The summed E-state index contributed by atoms with van der Waals surface area (Å²) in [4.78, 5) is 13.7. The molecule has 1 fully saturated rings. The van der Waals surface area contributed by atoms with Gasteiger partial charge in [-0.25, -0.2) is 5.21 Å². The van der Waals surface area contributed by atoms with E-state index in [9.17, 15) is 10.0 Å². The number of hydrogen-bond donors (Lipinski definition) is 2. The van der Waals surface area contributed by atoms with Gasteiger partial charge in [-0.15, -0.1) is 0 Å². The van der Waals surface area contributed by atoms with E-state index in [1.165, 1.54) is 12.1 Å². The third-order valence-corrected chi connectivity index (χ3v) is 2.77. The first-order valence-corrected chi connectivity index (χ1v) is 5.31. The number of hydrogen-bond acceptors (Lipinski definition) is 3. The Bertz CT molecular complexity index is 369. The fourth-order valence-corrected chi connectivity index (χ4v) is 1.86. The molecule has 0 radical (unpaired) electrons. The largest absolute Gasteiger partial charge is 0.595 e. The van der Waals surface area contributed by atoms with Gasteiger partial charge in [0.25, 0.3) is 5.91 Å². The summed E-state index contributed by atoms with van der Waals surface area (Å²) < 4.78 is 0. The molecule has 1 saturated heterocycles. The second kappa shape index (κ2) is 4.61. The number of amides is 1. The predicted molar refractivity (Wildman–Crippen MR) is 57.4 cm³/mol. The maximum Gasteiger partial charge on any atom is 0.253 e. The second-order valence-electron chi connectivity index (χ2n) is 3.88. The van der Waals surface area contributed by atoms with E-state index in [0.717, 1.165) is 25.9 Å². The average Bonchev–Trinajstić information content (AvgIpc) is 2.81. The Morgan fingerprint density at radius 3 is 2.31 bits per heavy atom. The Balaban J connectivity index is 2.11. The van der Waals surface area contributed by atoms with Crippen LogP contribution >= 0.6 is 0 Å². The topological polar surface area (TPSA) is 68.0 Å². The number of likely N-dealkylation sites (tertiary alicyclic amines) is 1. The Kier molecular flexibility index (Phi) is 3.19. The molecule has 0 saturated carbocycles. The van der Waals surface area contributed by atoms with Crippen molar-refractivity contribution >= 4 is 11.6 Å². The molecule has 0 aromatic heterocycles. The van der Waals surface area contributed by atoms with Gasteiger partial charge in [-0.1, -0.05) is 0 Å². The molecule has 1 aromatic rings. The van der Waals surface area contributed by atoms with Crippen LogP contribution in [0.3, 0.4) is 0 Å². The third-order valence-electron chi connectivity index (χ3n) is 2.77. The lowest BCUT2D eigenvalue weighted by Gasteiger charge is -2.16. The summed E-state index contributed by atoms with van der Waals surface area (Å²) in [5.74, 6) is -0.00515. The van der Waals surface area contributed by atoms with Gasteiger partial charge in [0.15, 0.2) is 5.69 Å². The van der Waals surface area contributed by atoms with E-state index in [1.807, 2.05) is 0 Å². The van der Waals surface area contributed by atoms with E-state index in [1.54, 1.807) is 17.0 Å². The van der Waals surface area contributed by atoms with Crippen molar-refractivity contribution in [1.82, 2.24) is 4.90 Å². The second-order valence-corrected chi connectivity index (χ2v) is 3.88. The molecule has 1 aliphatic rings. The lowest BCUT2D eigenvalue weighted by molar-refractivity contribution is -0.991. The van der Waals surface area contributed by atoms with Crippen molar-refractivity contribution in [2.75, 3.05) is 13.1 Å². The molecule has 1 amide bonds. The highest BCUT2D eigenvalue weighted by Gasteiger charge is 2.19.